The normalized spacial score (nSPS) is 22.0. The van der Waals surface area contributed by atoms with Crippen LogP contribution in [0.15, 0.2) is 48.5 Å². The first-order valence-electron chi connectivity index (χ1n) is 7.38. The van der Waals surface area contributed by atoms with Gasteiger partial charge in [-0.05, 0) is 28.7 Å². The molecule has 2 N–H and O–H groups in total. The Balaban J connectivity index is 1.94. The van der Waals surface area contributed by atoms with E-state index in [2.05, 4.69) is 5.32 Å². The van der Waals surface area contributed by atoms with Crippen LogP contribution in [0.3, 0.4) is 0 Å². The number of nitrogens with one attached hydrogen (secondary N) is 1. The van der Waals surface area contributed by atoms with Crippen molar-refractivity contribution in [2.24, 2.45) is 5.92 Å². The SMILES string of the molecule is O=C1CC[C@@H](C2(O)c3ccccc3-c3ccccc32)C(=O)N1. The van der Waals surface area contributed by atoms with Crippen molar-refractivity contribution in [3.05, 3.63) is 59.7 Å². The molecule has 110 valence electrons. The van der Waals surface area contributed by atoms with Gasteiger partial charge in [-0.3, -0.25) is 14.9 Å². The molecule has 0 aromatic heterocycles. The van der Waals surface area contributed by atoms with Gasteiger partial charge in [0.1, 0.15) is 5.60 Å². The van der Waals surface area contributed by atoms with E-state index in [9.17, 15) is 14.7 Å². The van der Waals surface area contributed by atoms with Gasteiger partial charge < -0.3 is 5.11 Å². The van der Waals surface area contributed by atoms with Crippen molar-refractivity contribution in [3.8, 4) is 11.1 Å². The van der Waals surface area contributed by atoms with Gasteiger partial charge in [-0.2, -0.15) is 0 Å². The van der Waals surface area contributed by atoms with Gasteiger partial charge in [0.2, 0.25) is 11.8 Å². The van der Waals surface area contributed by atoms with E-state index in [1.165, 1.54) is 0 Å². The van der Waals surface area contributed by atoms with Crippen molar-refractivity contribution in [1.82, 2.24) is 5.32 Å². The number of carbonyl (C=O) groups excluding carboxylic acids is 2. The van der Waals surface area contributed by atoms with Crippen molar-refractivity contribution in [3.63, 3.8) is 0 Å². The maximum absolute atomic E-state index is 12.3. The molecule has 1 fully saturated rings. The zero-order valence-electron chi connectivity index (χ0n) is 11.9. The quantitative estimate of drug-likeness (QED) is 0.790. The number of benzene rings is 2. The molecule has 2 aromatic rings. The highest BCUT2D eigenvalue weighted by Gasteiger charge is 2.51. The minimum atomic E-state index is -1.38. The second kappa shape index (κ2) is 4.52. The predicted octanol–water partition coefficient (Wildman–Crippen LogP) is 1.96. The number of fused-ring (bicyclic) bond motifs is 3. The van der Waals surface area contributed by atoms with E-state index >= 15 is 0 Å². The molecule has 22 heavy (non-hydrogen) atoms. The Kier molecular flexibility index (Phi) is 2.71. The second-order valence-corrected chi connectivity index (χ2v) is 5.86. The van der Waals surface area contributed by atoms with E-state index in [1.54, 1.807) is 0 Å². The highest BCUT2D eigenvalue weighted by atomic mass is 16.3. The Labute approximate surface area is 127 Å². The van der Waals surface area contributed by atoms with Crippen LogP contribution in [0.5, 0.6) is 0 Å². The topological polar surface area (TPSA) is 66.4 Å². The summed E-state index contributed by atoms with van der Waals surface area (Å²) in [7, 11) is 0. The van der Waals surface area contributed by atoms with Crippen molar-refractivity contribution in [1.29, 1.82) is 0 Å². The number of carbonyl (C=O) groups is 2. The maximum Gasteiger partial charge on any atom is 0.233 e. The van der Waals surface area contributed by atoms with E-state index in [0.29, 0.717) is 6.42 Å². The van der Waals surface area contributed by atoms with Crippen molar-refractivity contribution in [2.75, 3.05) is 0 Å². The molecule has 2 aromatic carbocycles. The number of aliphatic hydroxyl groups is 1. The molecule has 0 unspecified atom stereocenters. The van der Waals surface area contributed by atoms with Crippen LogP contribution >= 0.6 is 0 Å². The van der Waals surface area contributed by atoms with Crippen LogP contribution in [-0.2, 0) is 15.2 Å². The summed E-state index contributed by atoms with van der Waals surface area (Å²) >= 11 is 0. The molecule has 0 radical (unpaired) electrons. The predicted molar refractivity (Wildman–Crippen MR) is 80.8 cm³/mol. The Hall–Kier alpha value is -2.46. The Morgan fingerprint density at radius 3 is 2.05 bits per heavy atom. The lowest BCUT2D eigenvalue weighted by Crippen LogP contribution is -2.50. The number of hydrogen-bond acceptors (Lipinski definition) is 3. The molecule has 1 aliphatic carbocycles. The van der Waals surface area contributed by atoms with Gasteiger partial charge in [0, 0.05) is 6.42 Å². The molecule has 0 spiro atoms. The van der Waals surface area contributed by atoms with Crippen LogP contribution in [0.2, 0.25) is 0 Å². The summed E-state index contributed by atoms with van der Waals surface area (Å²) in [4.78, 5) is 23.7. The standard InChI is InChI=1S/C18H15NO3/c20-16-10-9-15(17(21)19-16)18(22)13-7-3-1-5-11(13)12-6-2-4-8-14(12)18/h1-8,15,22H,9-10H2,(H,19,20,21)/t15-/m1/s1. The Morgan fingerprint density at radius 1 is 0.955 bits per heavy atom. The lowest BCUT2D eigenvalue weighted by Gasteiger charge is -2.35. The van der Waals surface area contributed by atoms with Crippen LogP contribution < -0.4 is 5.32 Å². The summed E-state index contributed by atoms with van der Waals surface area (Å²) in [5, 5.41) is 13.9. The highest BCUT2D eigenvalue weighted by Crippen LogP contribution is 2.52. The second-order valence-electron chi connectivity index (χ2n) is 5.86. The third kappa shape index (κ3) is 1.61. The molecule has 2 amide bonds. The maximum atomic E-state index is 12.3. The third-order valence-corrected chi connectivity index (χ3v) is 4.71. The van der Waals surface area contributed by atoms with Crippen LogP contribution in [0.25, 0.3) is 11.1 Å². The zero-order chi connectivity index (χ0) is 15.3. The number of amides is 2. The summed E-state index contributed by atoms with van der Waals surface area (Å²) in [6.45, 7) is 0. The molecule has 0 saturated carbocycles. The molecule has 1 aliphatic heterocycles. The molecule has 4 nitrogen and oxygen atoms in total. The monoisotopic (exact) mass is 293 g/mol. The summed E-state index contributed by atoms with van der Waals surface area (Å²) in [6.07, 6.45) is 0.604. The van der Waals surface area contributed by atoms with E-state index < -0.39 is 17.4 Å². The van der Waals surface area contributed by atoms with E-state index in [0.717, 1.165) is 22.3 Å². The molecule has 2 aliphatic rings. The molecular formula is C18H15NO3. The van der Waals surface area contributed by atoms with E-state index in [4.69, 9.17) is 0 Å². The van der Waals surface area contributed by atoms with Gasteiger partial charge in [-0.1, -0.05) is 48.5 Å². The summed E-state index contributed by atoms with van der Waals surface area (Å²) in [5.41, 5.74) is 2.00. The van der Waals surface area contributed by atoms with Crippen LogP contribution in [0, 0.1) is 5.92 Å². The minimum absolute atomic E-state index is 0.253. The smallest absolute Gasteiger partial charge is 0.233 e. The molecule has 1 heterocycles. The lowest BCUT2D eigenvalue weighted by molar-refractivity contribution is -0.142. The van der Waals surface area contributed by atoms with Gasteiger partial charge in [-0.15, -0.1) is 0 Å². The Bertz CT molecular complexity index is 751. The van der Waals surface area contributed by atoms with Gasteiger partial charge in [0.15, 0.2) is 0 Å². The fourth-order valence-corrected chi connectivity index (χ4v) is 3.71. The van der Waals surface area contributed by atoms with Gasteiger partial charge in [0.25, 0.3) is 0 Å². The van der Waals surface area contributed by atoms with Crippen molar-refractivity contribution < 1.29 is 14.7 Å². The number of rotatable bonds is 1. The van der Waals surface area contributed by atoms with Crippen molar-refractivity contribution in [2.45, 2.75) is 18.4 Å². The highest BCUT2D eigenvalue weighted by molar-refractivity contribution is 6.00. The van der Waals surface area contributed by atoms with Crippen molar-refractivity contribution >= 4 is 11.8 Å². The first-order valence-corrected chi connectivity index (χ1v) is 7.38. The number of imide groups is 1. The zero-order valence-corrected chi connectivity index (χ0v) is 11.9. The first-order chi connectivity index (χ1) is 10.6. The lowest BCUT2D eigenvalue weighted by atomic mass is 9.75. The minimum Gasteiger partial charge on any atom is -0.380 e. The summed E-state index contributed by atoms with van der Waals surface area (Å²) < 4.78 is 0. The van der Waals surface area contributed by atoms with E-state index in [-0.39, 0.29) is 12.3 Å². The average Bonchev–Trinajstić information content (AvgIpc) is 2.79. The molecule has 4 rings (SSSR count). The first kappa shape index (κ1) is 13.2. The van der Waals surface area contributed by atoms with E-state index in [1.807, 2.05) is 48.5 Å². The third-order valence-electron chi connectivity index (χ3n) is 4.71. The molecule has 1 atom stereocenters. The average molecular weight is 293 g/mol. The van der Waals surface area contributed by atoms with Crippen LogP contribution in [-0.4, -0.2) is 16.9 Å². The number of piperidine rings is 1. The molecule has 1 saturated heterocycles. The Morgan fingerprint density at radius 2 is 1.50 bits per heavy atom. The molecule has 0 bridgehead atoms. The fraction of sp³-hybridized carbons (Fsp3) is 0.222. The van der Waals surface area contributed by atoms with Gasteiger partial charge in [0.05, 0.1) is 5.92 Å². The number of hydrogen-bond donors (Lipinski definition) is 2. The van der Waals surface area contributed by atoms with Crippen LogP contribution in [0.4, 0.5) is 0 Å². The van der Waals surface area contributed by atoms with Gasteiger partial charge in [-0.25, -0.2) is 0 Å². The molecular weight excluding hydrogens is 278 g/mol. The van der Waals surface area contributed by atoms with Crippen LogP contribution in [0.1, 0.15) is 24.0 Å². The summed E-state index contributed by atoms with van der Waals surface area (Å²) in [5.74, 6) is -1.33. The summed E-state index contributed by atoms with van der Waals surface area (Å²) in [6, 6.07) is 15.2. The molecule has 4 heteroatoms. The largest absolute Gasteiger partial charge is 0.380 e. The van der Waals surface area contributed by atoms with Gasteiger partial charge >= 0.3 is 0 Å². The fourth-order valence-electron chi connectivity index (χ4n) is 3.71.